The number of ketones is 1. The number of nitrogens with one attached hydrogen (secondary N) is 1. The Balaban J connectivity index is 1.72. The first kappa shape index (κ1) is 16.2. The molecule has 0 atom stereocenters. The number of hydrogen-bond donors (Lipinski definition) is 1. The first-order valence-electron chi connectivity index (χ1n) is 7.51. The average Bonchev–Trinajstić information content (AvgIpc) is 3.02. The predicted molar refractivity (Wildman–Crippen MR) is 93.2 cm³/mol. The Hall–Kier alpha value is -2.66. The number of pyridine rings is 1. The highest BCUT2D eigenvalue weighted by atomic mass is 35.5. The van der Waals surface area contributed by atoms with Gasteiger partial charge in [-0.3, -0.25) is 14.6 Å². The highest BCUT2D eigenvalue weighted by molar-refractivity contribution is 6.45. The van der Waals surface area contributed by atoms with Crippen molar-refractivity contribution >= 4 is 34.2 Å². The number of likely N-dealkylation sites (N-methyl/N-ethyl adjacent to an activating group) is 1. The third kappa shape index (κ3) is 3.31. The van der Waals surface area contributed by atoms with Crippen molar-refractivity contribution < 1.29 is 9.59 Å². The van der Waals surface area contributed by atoms with Crippen LogP contribution in [0.1, 0.15) is 15.9 Å². The number of amides is 1. The number of nitrogens with zero attached hydrogens (tertiary/aromatic N) is 2. The molecular formula is C18H16ClN3O2. The molecule has 122 valence electrons. The van der Waals surface area contributed by atoms with E-state index in [0.717, 1.165) is 11.1 Å². The van der Waals surface area contributed by atoms with Gasteiger partial charge < -0.3 is 9.88 Å². The maximum Gasteiger partial charge on any atom is 0.294 e. The molecule has 0 aliphatic heterocycles. The minimum absolute atomic E-state index is 0.363. The van der Waals surface area contributed by atoms with Gasteiger partial charge in [0.25, 0.3) is 11.7 Å². The number of aromatic nitrogens is 2. The number of halogens is 1. The van der Waals surface area contributed by atoms with E-state index in [9.17, 15) is 9.59 Å². The zero-order valence-corrected chi connectivity index (χ0v) is 13.9. The van der Waals surface area contributed by atoms with E-state index < -0.39 is 11.7 Å². The Labute approximate surface area is 144 Å². The monoisotopic (exact) mass is 341 g/mol. The number of hydrogen-bond acceptors (Lipinski definition) is 3. The zero-order valence-electron chi connectivity index (χ0n) is 13.1. The maximum atomic E-state index is 12.5. The van der Waals surface area contributed by atoms with E-state index in [4.69, 9.17) is 11.6 Å². The van der Waals surface area contributed by atoms with Gasteiger partial charge in [-0.05, 0) is 36.2 Å². The fourth-order valence-electron chi connectivity index (χ4n) is 2.52. The van der Waals surface area contributed by atoms with Crippen molar-refractivity contribution in [2.45, 2.75) is 6.42 Å². The molecule has 2 heterocycles. The van der Waals surface area contributed by atoms with Crippen molar-refractivity contribution in [3.8, 4) is 0 Å². The van der Waals surface area contributed by atoms with Crippen molar-refractivity contribution in [2.24, 2.45) is 0 Å². The lowest BCUT2D eigenvalue weighted by molar-refractivity contribution is -0.125. The number of benzene rings is 1. The van der Waals surface area contributed by atoms with Gasteiger partial charge in [-0.15, -0.1) is 0 Å². The molecule has 0 aliphatic carbocycles. The van der Waals surface area contributed by atoms with E-state index >= 15 is 0 Å². The van der Waals surface area contributed by atoms with Crippen LogP contribution in [0.25, 0.3) is 10.9 Å². The summed E-state index contributed by atoms with van der Waals surface area (Å²) in [5.41, 5.74) is 2.17. The van der Waals surface area contributed by atoms with E-state index in [0.29, 0.717) is 28.9 Å². The van der Waals surface area contributed by atoms with Crippen LogP contribution >= 0.6 is 11.6 Å². The number of carbonyl (C=O) groups is 2. The molecule has 0 saturated heterocycles. The molecule has 0 spiro atoms. The van der Waals surface area contributed by atoms with Crippen LogP contribution in [0.2, 0.25) is 5.02 Å². The van der Waals surface area contributed by atoms with Crippen LogP contribution in [0.3, 0.4) is 0 Å². The van der Waals surface area contributed by atoms with E-state index in [2.05, 4.69) is 9.97 Å². The van der Waals surface area contributed by atoms with Crippen LogP contribution in [-0.4, -0.2) is 40.2 Å². The van der Waals surface area contributed by atoms with Gasteiger partial charge in [0, 0.05) is 48.1 Å². The topological polar surface area (TPSA) is 66.1 Å². The molecule has 5 nitrogen and oxygen atoms in total. The average molecular weight is 342 g/mol. The summed E-state index contributed by atoms with van der Waals surface area (Å²) in [5.74, 6) is -1.05. The van der Waals surface area contributed by atoms with Gasteiger partial charge in [0.05, 0.1) is 5.56 Å². The van der Waals surface area contributed by atoms with Crippen molar-refractivity contribution in [1.29, 1.82) is 0 Å². The first-order valence-corrected chi connectivity index (χ1v) is 7.89. The van der Waals surface area contributed by atoms with Crippen LogP contribution in [0.4, 0.5) is 0 Å². The third-order valence-corrected chi connectivity index (χ3v) is 4.15. The van der Waals surface area contributed by atoms with E-state index in [1.807, 2.05) is 12.1 Å². The molecule has 2 aromatic heterocycles. The molecule has 0 aliphatic rings. The molecule has 0 fully saturated rings. The smallest absolute Gasteiger partial charge is 0.294 e. The quantitative estimate of drug-likeness (QED) is 0.573. The largest absolute Gasteiger partial charge is 0.360 e. The zero-order chi connectivity index (χ0) is 17.1. The van der Waals surface area contributed by atoms with Crippen molar-refractivity contribution in [3.05, 3.63) is 65.1 Å². The molecule has 0 bridgehead atoms. The Morgan fingerprint density at radius 2 is 1.96 bits per heavy atom. The Kier molecular flexibility index (Phi) is 4.62. The molecular weight excluding hydrogens is 326 g/mol. The highest BCUT2D eigenvalue weighted by Crippen LogP contribution is 2.22. The number of H-pyrrole nitrogens is 1. The summed E-state index contributed by atoms with van der Waals surface area (Å²) in [7, 11) is 1.63. The molecule has 0 saturated carbocycles. The van der Waals surface area contributed by atoms with E-state index in [1.54, 1.807) is 43.8 Å². The fraction of sp³-hybridized carbons (Fsp3) is 0.167. The summed E-state index contributed by atoms with van der Waals surface area (Å²) in [5, 5.41) is 1.27. The number of aromatic amines is 1. The normalized spacial score (nSPS) is 10.8. The summed E-state index contributed by atoms with van der Waals surface area (Å²) < 4.78 is 0. The Morgan fingerprint density at radius 3 is 2.71 bits per heavy atom. The van der Waals surface area contributed by atoms with Gasteiger partial charge in [0.2, 0.25) is 0 Å². The fourth-order valence-corrected chi connectivity index (χ4v) is 2.69. The van der Waals surface area contributed by atoms with Crippen LogP contribution in [-0.2, 0) is 11.2 Å². The second-order valence-electron chi connectivity index (χ2n) is 5.55. The highest BCUT2D eigenvalue weighted by Gasteiger charge is 2.23. The van der Waals surface area contributed by atoms with Gasteiger partial charge in [0.1, 0.15) is 0 Å². The van der Waals surface area contributed by atoms with Gasteiger partial charge in [-0.25, -0.2) is 0 Å². The lowest BCUT2D eigenvalue weighted by Gasteiger charge is -2.16. The standard InChI is InChI=1S/C18H16ClN3O2/c1-22(9-6-12-4-7-20-8-5-12)18(24)17(23)15-11-21-16-10-13(19)2-3-14(15)16/h2-5,7-8,10-11,21H,6,9H2,1H3. The molecule has 0 radical (unpaired) electrons. The Morgan fingerprint density at radius 1 is 1.21 bits per heavy atom. The number of carbonyl (C=O) groups excluding carboxylic acids is 2. The maximum absolute atomic E-state index is 12.5. The molecule has 0 unspecified atom stereocenters. The van der Waals surface area contributed by atoms with Crippen molar-refractivity contribution in [3.63, 3.8) is 0 Å². The molecule has 1 amide bonds. The van der Waals surface area contributed by atoms with Gasteiger partial charge in [-0.2, -0.15) is 0 Å². The van der Waals surface area contributed by atoms with Crippen LogP contribution in [0, 0.1) is 0 Å². The molecule has 3 rings (SSSR count). The lowest BCUT2D eigenvalue weighted by atomic mass is 10.1. The summed E-state index contributed by atoms with van der Waals surface area (Å²) in [4.78, 5) is 33.3. The molecule has 1 aromatic carbocycles. The van der Waals surface area contributed by atoms with Crippen molar-refractivity contribution in [2.75, 3.05) is 13.6 Å². The van der Waals surface area contributed by atoms with Crippen molar-refractivity contribution in [1.82, 2.24) is 14.9 Å². The second-order valence-corrected chi connectivity index (χ2v) is 5.99. The first-order chi connectivity index (χ1) is 11.6. The summed E-state index contributed by atoms with van der Waals surface area (Å²) >= 11 is 5.94. The second kappa shape index (κ2) is 6.84. The number of rotatable bonds is 5. The summed E-state index contributed by atoms with van der Waals surface area (Å²) in [6, 6.07) is 8.95. The third-order valence-electron chi connectivity index (χ3n) is 3.91. The Bertz CT molecular complexity index is 890. The van der Waals surface area contributed by atoms with Crippen LogP contribution in [0.15, 0.2) is 48.9 Å². The summed E-state index contributed by atoms with van der Waals surface area (Å²) in [6.45, 7) is 0.461. The molecule has 6 heteroatoms. The summed E-state index contributed by atoms with van der Waals surface area (Å²) in [6.07, 6.45) is 5.64. The van der Waals surface area contributed by atoms with E-state index in [-0.39, 0.29) is 0 Å². The van der Waals surface area contributed by atoms with Gasteiger partial charge in [-0.1, -0.05) is 17.7 Å². The predicted octanol–water partition coefficient (Wildman–Crippen LogP) is 3.10. The van der Waals surface area contributed by atoms with E-state index in [1.165, 1.54) is 4.90 Å². The minimum atomic E-state index is -0.528. The SMILES string of the molecule is CN(CCc1ccncc1)C(=O)C(=O)c1c[nH]c2cc(Cl)ccc12. The number of fused-ring (bicyclic) bond motifs is 1. The van der Waals surface area contributed by atoms with Crippen LogP contribution < -0.4 is 0 Å². The molecule has 3 aromatic rings. The lowest BCUT2D eigenvalue weighted by Crippen LogP contribution is -2.34. The minimum Gasteiger partial charge on any atom is -0.360 e. The van der Waals surface area contributed by atoms with Gasteiger partial charge in [0.15, 0.2) is 0 Å². The number of Topliss-reactive ketones (excluding diaryl/α,β-unsaturated/α-hetero) is 1. The van der Waals surface area contributed by atoms with Crippen LogP contribution in [0.5, 0.6) is 0 Å². The molecule has 24 heavy (non-hydrogen) atoms. The molecule has 1 N–H and O–H groups in total. The van der Waals surface area contributed by atoms with Gasteiger partial charge >= 0.3 is 0 Å².